The van der Waals surface area contributed by atoms with Gasteiger partial charge >= 0.3 is 0 Å². The van der Waals surface area contributed by atoms with E-state index in [0.717, 1.165) is 12.2 Å². The van der Waals surface area contributed by atoms with E-state index in [1.807, 2.05) is 32.0 Å². The first-order valence-corrected chi connectivity index (χ1v) is 5.22. The molecule has 0 aromatic heterocycles. The molecule has 1 heterocycles. The van der Waals surface area contributed by atoms with Crippen LogP contribution in [0.25, 0.3) is 0 Å². The van der Waals surface area contributed by atoms with Gasteiger partial charge in [0, 0.05) is 5.92 Å². The highest BCUT2D eigenvalue weighted by Gasteiger charge is 2.34. The lowest BCUT2D eigenvalue weighted by Gasteiger charge is -2.35. The van der Waals surface area contributed by atoms with Crippen molar-refractivity contribution in [2.24, 2.45) is 11.8 Å². The van der Waals surface area contributed by atoms with Gasteiger partial charge in [0.25, 0.3) is 0 Å². The molecule has 1 aromatic rings. The van der Waals surface area contributed by atoms with E-state index in [1.54, 1.807) is 0 Å². The van der Waals surface area contributed by atoms with Crippen molar-refractivity contribution in [3.63, 3.8) is 0 Å². The molecule has 3 heteroatoms. The summed E-state index contributed by atoms with van der Waals surface area (Å²) in [5.74, 6) is 6.59. The lowest BCUT2D eigenvalue weighted by molar-refractivity contribution is -0.0774. The second kappa shape index (κ2) is 3.83. The molecule has 2 N–H and O–H groups in total. The van der Waals surface area contributed by atoms with Crippen LogP contribution in [0.1, 0.15) is 19.4 Å². The second-order valence-electron chi connectivity index (χ2n) is 4.54. The van der Waals surface area contributed by atoms with Gasteiger partial charge in [0.15, 0.2) is 0 Å². The number of hydrogen-bond acceptors (Lipinski definition) is 3. The fraction of sp³-hybridized carbons (Fsp3) is 0.500. The maximum Gasteiger partial charge on any atom is 0.122 e. The average molecular weight is 207 g/mol. The molecular formula is C12H17NO2. The van der Waals surface area contributed by atoms with E-state index in [2.05, 4.69) is 6.07 Å². The molecule has 0 fully saturated rings. The van der Waals surface area contributed by atoms with Gasteiger partial charge in [-0.3, -0.25) is 4.84 Å². The Labute approximate surface area is 90.1 Å². The molecule has 0 amide bonds. The molecule has 2 rings (SSSR count). The van der Waals surface area contributed by atoms with Crippen LogP contribution in [-0.2, 0) is 11.3 Å². The summed E-state index contributed by atoms with van der Waals surface area (Å²) in [6.45, 7) is 4.66. The van der Waals surface area contributed by atoms with Crippen LogP contribution in [0.3, 0.4) is 0 Å². The highest BCUT2D eigenvalue weighted by atomic mass is 16.6. The number of para-hydroxylation sites is 1. The Hall–Kier alpha value is -1.06. The SMILES string of the molecule is CC(C)(ON)C1COc2ccccc2C1. The number of nitrogens with two attached hydrogens (primary N) is 1. The van der Waals surface area contributed by atoms with Crippen molar-refractivity contribution in [1.29, 1.82) is 0 Å². The molecule has 0 saturated heterocycles. The van der Waals surface area contributed by atoms with Crippen LogP contribution in [0.5, 0.6) is 5.75 Å². The van der Waals surface area contributed by atoms with Gasteiger partial charge in [-0.25, -0.2) is 5.90 Å². The molecule has 1 aliphatic heterocycles. The van der Waals surface area contributed by atoms with Crippen molar-refractivity contribution >= 4 is 0 Å². The summed E-state index contributed by atoms with van der Waals surface area (Å²) in [5, 5.41) is 0. The fourth-order valence-electron chi connectivity index (χ4n) is 1.87. The zero-order chi connectivity index (χ0) is 10.9. The van der Waals surface area contributed by atoms with Gasteiger partial charge in [-0.2, -0.15) is 0 Å². The van der Waals surface area contributed by atoms with Gasteiger partial charge < -0.3 is 4.74 Å². The van der Waals surface area contributed by atoms with E-state index in [9.17, 15) is 0 Å². The fourth-order valence-corrected chi connectivity index (χ4v) is 1.87. The van der Waals surface area contributed by atoms with Crippen molar-refractivity contribution in [2.45, 2.75) is 25.9 Å². The second-order valence-corrected chi connectivity index (χ2v) is 4.54. The van der Waals surface area contributed by atoms with Crippen LogP contribution in [-0.4, -0.2) is 12.2 Å². The minimum absolute atomic E-state index is 0.303. The molecule has 3 nitrogen and oxygen atoms in total. The lowest BCUT2D eigenvalue weighted by atomic mass is 9.84. The van der Waals surface area contributed by atoms with Crippen LogP contribution >= 0.6 is 0 Å². The van der Waals surface area contributed by atoms with E-state index in [1.165, 1.54) is 5.56 Å². The van der Waals surface area contributed by atoms with Crippen molar-refractivity contribution in [3.05, 3.63) is 29.8 Å². The predicted octanol–water partition coefficient (Wildman–Crippen LogP) is 1.91. The minimum Gasteiger partial charge on any atom is -0.493 e. The van der Waals surface area contributed by atoms with E-state index in [0.29, 0.717) is 12.5 Å². The highest BCUT2D eigenvalue weighted by molar-refractivity contribution is 5.35. The van der Waals surface area contributed by atoms with Gasteiger partial charge in [0.2, 0.25) is 0 Å². The molecule has 1 aliphatic rings. The van der Waals surface area contributed by atoms with Crippen LogP contribution in [0.2, 0.25) is 0 Å². The van der Waals surface area contributed by atoms with Crippen LogP contribution < -0.4 is 10.6 Å². The molecule has 82 valence electrons. The highest BCUT2D eigenvalue weighted by Crippen LogP contribution is 2.32. The summed E-state index contributed by atoms with van der Waals surface area (Å²) in [5.41, 5.74) is 0.895. The third-order valence-corrected chi connectivity index (χ3v) is 3.17. The summed E-state index contributed by atoms with van der Waals surface area (Å²) in [7, 11) is 0. The lowest BCUT2D eigenvalue weighted by Crippen LogP contribution is -2.43. The average Bonchev–Trinajstić information content (AvgIpc) is 2.28. The van der Waals surface area contributed by atoms with Crippen molar-refractivity contribution < 1.29 is 9.57 Å². The Bertz CT molecular complexity index is 349. The molecule has 1 aromatic carbocycles. The smallest absolute Gasteiger partial charge is 0.122 e. The maximum atomic E-state index is 5.69. The van der Waals surface area contributed by atoms with E-state index < -0.39 is 0 Å². The Morgan fingerprint density at radius 3 is 2.87 bits per heavy atom. The number of ether oxygens (including phenoxy) is 1. The molecule has 1 unspecified atom stereocenters. The van der Waals surface area contributed by atoms with Crippen molar-refractivity contribution in [3.8, 4) is 5.75 Å². The zero-order valence-corrected chi connectivity index (χ0v) is 9.19. The molecule has 0 aliphatic carbocycles. The first-order chi connectivity index (χ1) is 7.13. The zero-order valence-electron chi connectivity index (χ0n) is 9.19. The van der Waals surface area contributed by atoms with Crippen molar-refractivity contribution in [2.75, 3.05) is 6.61 Å². The van der Waals surface area contributed by atoms with E-state index in [4.69, 9.17) is 15.5 Å². The summed E-state index contributed by atoms with van der Waals surface area (Å²) in [6.07, 6.45) is 0.959. The Morgan fingerprint density at radius 1 is 1.40 bits per heavy atom. The molecule has 0 spiro atoms. The van der Waals surface area contributed by atoms with Crippen LogP contribution in [0, 0.1) is 5.92 Å². The number of rotatable bonds is 2. The van der Waals surface area contributed by atoms with E-state index in [-0.39, 0.29) is 5.60 Å². The Morgan fingerprint density at radius 2 is 2.13 bits per heavy atom. The Kier molecular flexibility index (Phi) is 2.67. The third-order valence-electron chi connectivity index (χ3n) is 3.17. The maximum absolute atomic E-state index is 5.69. The first kappa shape index (κ1) is 10.5. The monoisotopic (exact) mass is 207 g/mol. The summed E-state index contributed by atoms with van der Waals surface area (Å²) < 4.78 is 5.69. The largest absolute Gasteiger partial charge is 0.493 e. The molecular weight excluding hydrogens is 190 g/mol. The van der Waals surface area contributed by atoms with Crippen molar-refractivity contribution in [1.82, 2.24) is 0 Å². The number of fused-ring (bicyclic) bond motifs is 1. The summed E-state index contributed by atoms with van der Waals surface area (Å²) in [6, 6.07) is 8.11. The molecule has 0 bridgehead atoms. The topological polar surface area (TPSA) is 44.5 Å². The normalized spacial score (nSPS) is 20.6. The first-order valence-electron chi connectivity index (χ1n) is 5.22. The number of benzene rings is 1. The van der Waals surface area contributed by atoms with Gasteiger partial charge in [-0.15, -0.1) is 0 Å². The van der Waals surface area contributed by atoms with Gasteiger partial charge in [-0.05, 0) is 31.9 Å². The van der Waals surface area contributed by atoms with Crippen LogP contribution in [0.4, 0.5) is 0 Å². The van der Waals surface area contributed by atoms with Gasteiger partial charge in [0.1, 0.15) is 5.75 Å². The summed E-state index contributed by atoms with van der Waals surface area (Å²) in [4.78, 5) is 5.01. The molecule has 0 radical (unpaired) electrons. The molecule has 0 saturated carbocycles. The third kappa shape index (κ3) is 1.98. The minimum atomic E-state index is -0.340. The quantitative estimate of drug-likeness (QED) is 0.753. The number of hydrogen-bond donors (Lipinski definition) is 1. The predicted molar refractivity (Wildman–Crippen MR) is 58.5 cm³/mol. The standard InChI is InChI=1S/C12H17NO2/c1-12(2,15-13)10-7-9-5-3-4-6-11(9)14-8-10/h3-6,10H,7-8,13H2,1-2H3. The summed E-state index contributed by atoms with van der Waals surface area (Å²) >= 11 is 0. The van der Waals surface area contributed by atoms with Gasteiger partial charge in [-0.1, -0.05) is 18.2 Å². The Balaban J connectivity index is 2.19. The van der Waals surface area contributed by atoms with Crippen LogP contribution in [0.15, 0.2) is 24.3 Å². The van der Waals surface area contributed by atoms with E-state index >= 15 is 0 Å². The molecule has 15 heavy (non-hydrogen) atoms. The van der Waals surface area contributed by atoms with Gasteiger partial charge in [0.05, 0.1) is 12.2 Å². The molecule has 1 atom stereocenters.